The summed E-state index contributed by atoms with van der Waals surface area (Å²) in [6, 6.07) is 1.60. The fourth-order valence-electron chi connectivity index (χ4n) is 1.54. The van der Waals surface area contributed by atoms with Gasteiger partial charge in [-0.2, -0.15) is 0 Å². The van der Waals surface area contributed by atoms with E-state index in [9.17, 15) is 4.79 Å². The third-order valence-electron chi connectivity index (χ3n) is 2.19. The van der Waals surface area contributed by atoms with Gasteiger partial charge in [-0.05, 0) is 18.9 Å². The van der Waals surface area contributed by atoms with Crippen molar-refractivity contribution in [3.05, 3.63) is 16.5 Å². The predicted octanol–water partition coefficient (Wildman–Crippen LogP) is -0.0531. The Morgan fingerprint density at radius 1 is 1.38 bits per heavy atom. The van der Waals surface area contributed by atoms with E-state index < -0.39 is 7.12 Å². The number of rotatable bonds is 1. The van der Waals surface area contributed by atoms with E-state index in [1.165, 1.54) is 11.3 Å². The van der Waals surface area contributed by atoms with Crippen LogP contribution < -0.4 is 4.78 Å². The summed E-state index contributed by atoms with van der Waals surface area (Å²) in [5.74, 6) is 0.129. The second-order valence-electron chi connectivity index (χ2n) is 3.14. The normalized spacial score (nSPS) is 15.7. The van der Waals surface area contributed by atoms with Crippen LogP contribution in [0, 0.1) is 0 Å². The van der Waals surface area contributed by atoms with Crippen molar-refractivity contribution in [1.29, 1.82) is 0 Å². The van der Waals surface area contributed by atoms with Crippen LogP contribution in [-0.4, -0.2) is 22.9 Å². The van der Waals surface area contributed by atoms with Crippen LogP contribution in [0.5, 0.6) is 0 Å². The van der Waals surface area contributed by atoms with E-state index >= 15 is 0 Å². The minimum atomic E-state index is -1.44. The van der Waals surface area contributed by atoms with Crippen LogP contribution in [0.1, 0.15) is 28.1 Å². The van der Waals surface area contributed by atoms with E-state index in [2.05, 4.69) is 0 Å². The molecule has 68 valence electrons. The summed E-state index contributed by atoms with van der Waals surface area (Å²) >= 11 is 1.33. The highest BCUT2D eigenvalue weighted by Gasteiger charge is 2.24. The monoisotopic (exact) mass is 196 g/mol. The molecule has 0 spiro atoms. The van der Waals surface area contributed by atoms with Gasteiger partial charge in [0.15, 0.2) is 5.78 Å². The number of carbonyl (C=O) groups excluding carboxylic acids is 1. The highest BCUT2D eigenvalue weighted by Crippen LogP contribution is 2.24. The van der Waals surface area contributed by atoms with Gasteiger partial charge in [-0.15, -0.1) is 11.3 Å². The molecule has 0 amide bonds. The summed E-state index contributed by atoms with van der Waals surface area (Å²) in [5, 5.41) is 17.8. The van der Waals surface area contributed by atoms with Gasteiger partial charge in [0.2, 0.25) is 0 Å². The molecule has 0 aliphatic heterocycles. The summed E-state index contributed by atoms with van der Waals surface area (Å²) in [6.07, 6.45) is 2.36. The quantitative estimate of drug-likeness (QED) is 0.619. The molecule has 1 aliphatic carbocycles. The standard InChI is InChI=1S/C8H9BO3S/c10-6-2-1-3-7-5(6)4-8(13-7)9(11)12/h4,11-12H,1-3H2. The fraction of sp³-hybridized carbons (Fsp3) is 0.375. The molecule has 0 fully saturated rings. The average molecular weight is 196 g/mol. The zero-order valence-corrected chi connectivity index (χ0v) is 7.80. The molecule has 1 heterocycles. The summed E-state index contributed by atoms with van der Waals surface area (Å²) in [4.78, 5) is 12.4. The number of ketones is 1. The molecule has 0 atom stereocenters. The number of fused-ring (bicyclic) bond motifs is 1. The zero-order chi connectivity index (χ0) is 9.42. The summed E-state index contributed by atoms with van der Waals surface area (Å²) in [7, 11) is -1.44. The van der Waals surface area contributed by atoms with Gasteiger partial charge in [0.05, 0.1) is 0 Å². The Hall–Kier alpha value is -0.645. The van der Waals surface area contributed by atoms with Crippen LogP contribution in [0.25, 0.3) is 0 Å². The van der Waals surface area contributed by atoms with E-state index in [-0.39, 0.29) is 5.78 Å². The first-order valence-electron chi connectivity index (χ1n) is 4.20. The van der Waals surface area contributed by atoms with Gasteiger partial charge in [-0.1, -0.05) is 0 Å². The van der Waals surface area contributed by atoms with Crippen molar-refractivity contribution in [2.24, 2.45) is 0 Å². The third-order valence-corrected chi connectivity index (χ3v) is 3.43. The molecule has 0 aromatic carbocycles. The van der Waals surface area contributed by atoms with Gasteiger partial charge in [0, 0.05) is 21.6 Å². The van der Waals surface area contributed by atoms with Crippen molar-refractivity contribution in [3.63, 3.8) is 0 Å². The first kappa shape index (κ1) is 8.93. The summed E-state index contributed by atoms with van der Waals surface area (Å²) in [5.41, 5.74) is 0.694. The molecule has 1 aromatic rings. The Bertz CT molecular complexity index is 345. The van der Waals surface area contributed by atoms with Gasteiger partial charge >= 0.3 is 7.12 Å². The van der Waals surface area contributed by atoms with Gasteiger partial charge in [0.25, 0.3) is 0 Å². The Morgan fingerprint density at radius 3 is 2.77 bits per heavy atom. The highest BCUT2D eigenvalue weighted by atomic mass is 32.1. The Balaban J connectivity index is 2.42. The lowest BCUT2D eigenvalue weighted by molar-refractivity contribution is 0.0973. The van der Waals surface area contributed by atoms with Crippen LogP contribution in [0.4, 0.5) is 0 Å². The van der Waals surface area contributed by atoms with Gasteiger partial charge in [-0.25, -0.2) is 0 Å². The molecule has 3 nitrogen and oxygen atoms in total. The van der Waals surface area contributed by atoms with Crippen LogP contribution in [0.2, 0.25) is 0 Å². The largest absolute Gasteiger partial charge is 0.499 e. The average Bonchev–Trinajstić information content (AvgIpc) is 2.49. The second kappa shape index (κ2) is 3.25. The number of hydrogen-bond acceptors (Lipinski definition) is 4. The van der Waals surface area contributed by atoms with Crippen LogP contribution in [-0.2, 0) is 6.42 Å². The molecule has 0 saturated carbocycles. The maximum Gasteiger partial charge on any atom is 0.499 e. The molecule has 1 aliphatic rings. The Kier molecular flexibility index (Phi) is 2.23. The van der Waals surface area contributed by atoms with Crippen molar-refractivity contribution in [2.45, 2.75) is 19.3 Å². The van der Waals surface area contributed by atoms with Crippen LogP contribution in [0.3, 0.4) is 0 Å². The number of hydrogen-bond donors (Lipinski definition) is 2. The van der Waals surface area contributed by atoms with E-state index in [0.29, 0.717) is 16.8 Å². The van der Waals surface area contributed by atoms with Crippen molar-refractivity contribution < 1.29 is 14.8 Å². The molecule has 0 radical (unpaired) electrons. The minimum absolute atomic E-state index is 0.129. The molecule has 0 saturated heterocycles. The smallest absolute Gasteiger partial charge is 0.423 e. The van der Waals surface area contributed by atoms with E-state index in [0.717, 1.165) is 17.7 Å². The Labute approximate surface area is 80.2 Å². The van der Waals surface area contributed by atoms with Gasteiger partial charge < -0.3 is 10.0 Å². The van der Waals surface area contributed by atoms with Gasteiger partial charge in [0.1, 0.15) is 0 Å². The molecular weight excluding hydrogens is 187 g/mol. The second-order valence-corrected chi connectivity index (χ2v) is 4.30. The topological polar surface area (TPSA) is 57.5 Å². The third kappa shape index (κ3) is 1.55. The maximum atomic E-state index is 11.4. The predicted molar refractivity (Wildman–Crippen MR) is 51.4 cm³/mol. The molecule has 2 rings (SSSR count). The number of carbonyl (C=O) groups is 1. The SMILES string of the molecule is O=C1CCCc2sc(B(O)O)cc21. The molecule has 0 unspecified atom stereocenters. The molecule has 0 bridgehead atoms. The number of thiophene rings is 1. The van der Waals surface area contributed by atoms with Gasteiger partial charge in [-0.3, -0.25) is 4.79 Å². The van der Waals surface area contributed by atoms with Crippen molar-refractivity contribution in [3.8, 4) is 0 Å². The Morgan fingerprint density at radius 2 is 2.15 bits per heavy atom. The highest BCUT2D eigenvalue weighted by molar-refractivity contribution is 7.22. The minimum Gasteiger partial charge on any atom is -0.423 e. The molecule has 13 heavy (non-hydrogen) atoms. The number of aryl methyl sites for hydroxylation is 1. The van der Waals surface area contributed by atoms with Crippen molar-refractivity contribution >= 4 is 29.0 Å². The van der Waals surface area contributed by atoms with Crippen LogP contribution in [0.15, 0.2) is 6.07 Å². The maximum absolute atomic E-state index is 11.4. The summed E-state index contributed by atoms with van der Waals surface area (Å²) < 4.78 is 0.472. The molecule has 2 N–H and O–H groups in total. The van der Waals surface area contributed by atoms with Crippen molar-refractivity contribution in [2.75, 3.05) is 0 Å². The lowest BCUT2D eigenvalue weighted by atomic mass is 9.87. The lowest BCUT2D eigenvalue weighted by Gasteiger charge is -2.07. The first-order valence-corrected chi connectivity index (χ1v) is 5.02. The first-order chi connectivity index (χ1) is 6.18. The molecular formula is C8H9BO3S. The number of Topliss-reactive ketones (excluding diaryl/α,β-unsaturated/α-hetero) is 1. The van der Waals surface area contributed by atoms with Crippen LogP contribution >= 0.6 is 11.3 Å². The molecule has 5 heteroatoms. The zero-order valence-electron chi connectivity index (χ0n) is 6.99. The lowest BCUT2D eigenvalue weighted by Crippen LogP contribution is -2.26. The van der Waals surface area contributed by atoms with E-state index in [1.807, 2.05) is 0 Å². The van der Waals surface area contributed by atoms with E-state index in [1.54, 1.807) is 6.07 Å². The van der Waals surface area contributed by atoms with E-state index in [4.69, 9.17) is 10.0 Å². The summed E-state index contributed by atoms with van der Waals surface area (Å²) in [6.45, 7) is 0. The fourth-order valence-corrected chi connectivity index (χ4v) is 2.64. The van der Waals surface area contributed by atoms with Crippen molar-refractivity contribution in [1.82, 2.24) is 0 Å². The molecule has 1 aromatic heterocycles.